The summed E-state index contributed by atoms with van der Waals surface area (Å²) in [6, 6.07) is 0. The molecule has 1 rings (SSSR count). The Morgan fingerprint density at radius 1 is 1.21 bits per heavy atom. The highest BCUT2D eigenvalue weighted by Gasteiger charge is 2.02. The molecule has 0 aliphatic carbocycles. The molecule has 1 aromatic heterocycles. The molecule has 0 aliphatic rings. The number of nitrogens with zero attached hydrogens (tertiary/aromatic N) is 3. The van der Waals surface area contributed by atoms with E-state index in [1.807, 2.05) is 12.4 Å². The number of methoxy groups -OCH3 is 1. The number of hydrogen-bond acceptors (Lipinski definition) is 5. The number of likely N-dealkylation sites (N-methyl/N-ethyl adjacent to an activating group) is 1. The van der Waals surface area contributed by atoms with Crippen molar-refractivity contribution < 1.29 is 4.74 Å². The summed E-state index contributed by atoms with van der Waals surface area (Å²) < 4.78 is 4.98. The van der Waals surface area contributed by atoms with Gasteiger partial charge in [0.2, 0.25) is 0 Å². The lowest BCUT2D eigenvalue weighted by Crippen LogP contribution is -2.25. The fraction of sp³-hybridized carbons (Fsp3) is 0.714. The second kappa shape index (κ2) is 9.83. The van der Waals surface area contributed by atoms with Crippen molar-refractivity contribution in [3.05, 3.63) is 23.8 Å². The van der Waals surface area contributed by atoms with Crippen LogP contribution in [-0.4, -0.2) is 54.8 Å². The number of rotatable bonds is 10. The predicted octanol–water partition coefficient (Wildman–Crippen LogP) is 1.10. The molecular weight excluding hydrogens is 240 g/mol. The second-order valence-electron chi connectivity index (χ2n) is 4.45. The lowest BCUT2D eigenvalue weighted by atomic mass is 10.3. The molecule has 0 saturated carbocycles. The molecule has 1 aromatic rings. The predicted molar refractivity (Wildman–Crippen MR) is 77.1 cm³/mol. The lowest BCUT2D eigenvalue weighted by molar-refractivity contribution is 0.199. The van der Waals surface area contributed by atoms with Gasteiger partial charge in [-0.1, -0.05) is 13.8 Å². The van der Waals surface area contributed by atoms with Gasteiger partial charge in [-0.05, 0) is 13.1 Å². The van der Waals surface area contributed by atoms with Gasteiger partial charge in [-0.15, -0.1) is 0 Å². The van der Waals surface area contributed by atoms with Crippen LogP contribution in [0.4, 0.5) is 0 Å². The van der Waals surface area contributed by atoms with Gasteiger partial charge in [0.05, 0.1) is 6.61 Å². The van der Waals surface area contributed by atoms with Gasteiger partial charge in [-0.25, -0.2) is 9.97 Å². The van der Waals surface area contributed by atoms with Crippen molar-refractivity contribution in [2.45, 2.75) is 26.8 Å². The third-order valence-electron chi connectivity index (χ3n) is 3.12. The molecule has 19 heavy (non-hydrogen) atoms. The fourth-order valence-corrected chi connectivity index (χ4v) is 1.81. The minimum Gasteiger partial charge on any atom is -0.383 e. The molecule has 0 aromatic carbocycles. The van der Waals surface area contributed by atoms with Crippen molar-refractivity contribution in [2.75, 3.05) is 39.9 Å². The molecule has 108 valence electrons. The number of nitrogens with one attached hydrogen (secondary N) is 1. The van der Waals surface area contributed by atoms with Gasteiger partial charge in [0, 0.05) is 51.1 Å². The smallest absolute Gasteiger partial charge is 0.129 e. The highest BCUT2D eigenvalue weighted by molar-refractivity contribution is 5.05. The fourth-order valence-electron chi connectivity index (χ4n) is 1.81. The maximum atomic E-state index is 4.98. The molecule has 0 atom stereocenters. The molecule has 0 saturated heterocycles. The molecule has 5 nitrogen and oxygen atoms in total. The highest BCUT2D eigenvalue weighted by Crippen LogP contribution is 1.98. The summed E-state index contributed by atoms with van der Waals surface area (Å²) in [5, 5.41) is 3.28. The number of hydrogen-bond donors (Lipinski definition) is 1. The molecule has 0 aliphatic heterocycles. The first-order valence-corrected chi connectivity index (χ1v) is 7.01. The molecule has 1 heterocycles. The Hall–Kier alpha value is -1.04. The molecular formula is C14H26N4O. The molecule has 1 N–H and O–H groups in total. The van der Waals surface area contributed by atoms with E-state index in [1.165, 1.54) is 0 Å². The number of aromatic nitrogens is 2. The van der Waals surface area contributed by atoms with E-state index in [2.05, 4.69) is 34.0 Å². The van der Waals surface area contributed by atoms with Crippen molar-refractivity contribution in [1.82, 2.24) is 20.2 Å². The van der Waals surface area contributed by atoms with Gasteiger partial charge in [0.15, 0.2) is 0 Å². The summed E-state index contributed by atoms with van der Waals surface area (Å²) in [6.07, 6.45) is 4.73. The van der Waals surface area contributed by atoms with Gasteiger partial charge in [0.25, 0.3) is 0 Å². The molecule has 0 amide bonds. The van der Waals surface area contributed by atoms with E-state index in [0.717, 1.165) is 57.1 Å². The Kier molecular flexibility index (Phi) is 8.29. The maximum absolute atomic E-state index is 4.98. The highest BCUT2D eigenvalue weighted by atomic mass is 16.5. The quantitative estimate of drug-likeness (QED) is 0.643. The first-order valence-electron chi connectivity index (χ1n) is 7.01. The summed E-state index contributed by atoms with van der Waals surface area (Å²) in [5.41, 5.74) is 1.11. The summed E-state index contributed by atoms with van der Waals surface area (Å²) in [7, 11) is 1.70. The molecule has 0 fully saturated rings. The molecule has 0 unspecified atom stereocenters. The van der Waals surface area contributed by atoms with E-state index in [-0.39, 0.29) is 0 Å². The average molecular weight is 266 g/mol. The summed E-state index contributed by atoms with van der Waals surface area (Å²) in [4.78, 5) is 11.2. The average Bonchev–Trinajstić information content (AvgIpc) is 2.46. The monoisotopic (exact) mass is 266 g/mol. The first-order chi connectivity index (χ1) is 9.30. The van der Waals surface area contributed by atoms with Crippen LogP contribution < -0.4 is 5.32 Å². The lowest BCUT2D eigenvalue weighted by Gasteiger charge is -2.16. The van der Waals surface area contributed by atoms with E-state index >= 15 is 0 Å². The largest absolute Gasteiger partial charge is 0.383 e. The van der Waals surface area contributed by atoms with Crippen molar-refractivity contribution in [1.29, 1.82) is 0 Å². The zero-order valence-electron chi connectivity index (χ0n) is 12.4. The topological polar surface area (TPSA) is 50.3 Å². The Morgan fingerprint density at radius 2 is 1.89 bits per heavy atom. The van der Waals surface area contributed by atoms with Crippen LogP contribution in [0.1, 0.15) is 25.2 Å². The van der Waals surface area contributed by atoms with Crippen LogP contribution in [0.3, 0.4) is 0 Å². The zero-order valence-corrected chi connectivity index (χ0v) is 12.4. The maximum Gasteiger partial charge on any atom is 0.129 e. The van der Waals surface area contributed by atoms with E-state index in [1.54, 1.807) is 7.11 Å². The minimum atomic E-state index is 0.725. The van der Waals surface area contributed by atoms with E-state index in [9.17, 15) is 0 Å². The van der Waals surface area contributed by atoms with Crippen molar-refractivity contribution >= 4 is 0 Å². The van der Waals surface area contributed by atoms with Crippen LogP contribution in [0, 0.1) is 0 Å². The van der Waals surface area contributed by atoms with Crippen molar-refractivity contribution in [3.8, 4) is 0 Å². The molecule has 0 spiro atoms. The van der Waals surface area contributed by atoms with E-state index < -0.39 is 0 Å². The van der Waals surface area contributed by atoms with Gasteiger partial charge >= 0.3 is 0 Å². The van der Waals surface area contributed by atoms with E-state index in [0.29, 0.717) is 0 Å². The second-order valence-corrected chi connectivity index (χ2v) is 4.45. The van der Waals surface area contributed by atoms with Crippen LogP contribution in [-0.2, 0) is 17.7 Å². The Labute approximate surface area is 116 Å². The third kappa shape index (κ3) is 6.61. The van der Waals surface area contributed by atoms with E-state index in [4.69, 9.17) is 4.74 Å². The van der Waals surface area contributed by atoms with Crippen LogP contribution in [0.15, 0.2) is 12.4 Å². The summed E-state index contributed by atoms with van der Waals surface area (Å²) in [5.74, 6) is 0.924. The Bertz CT molecular complexity index is 325. The van der Waals surface area contributed by atoms with Gasteiger partial charge < -0.3 is 15.0 Å². The minimum absolute atomic E-state index is 0.725. The third-order valence-corrected chi connectivity index (χ3v) is 3.12. The molecule has 0 bridgehead atoms. The van der Waals surface area contributed by atoms with Crippen LogP contribution in [0.2, 0.25) is 0 Å². The molecule has 0 radical (unpaired) electrons. The van der Waals surface area contributed by atoms with Gasteiger partial charge in [0.1, 0.15) is 5.82 Å². The normalized spacial score (nSPS) is 11.2. The Morgan fingerprint density at radius 3 is 2.47 bits per heavy atom. The number of ether oxygens (including phenoxy) is 1. The Balaban J connectivity index is 2.30. The van der Waals surface area contributed by atoms with Crippen molar-refractivity contribution in [3.63, 3.8) is 0 Å². The van der Waals surface area contributed by atoms with Crippen LogP contribution in [0.5, 0.6) is 0 Å². The SMILES string of the molecule is CCN(CC)CCc1ncc(CNCCOC)cn1. The van der Waals surface area contributed by atoms with Crippen LogP contribution >= 0.6 is 0 Å². The standard InChI is InChI=1S/C14H26N4O/c1-4-18(5-2)8-6-14-16-11-13(12-17-14)10-15-7-9-19-3/h11-12,15H,4-10H2,1-3H3. The summed E-state index contributed by atoms with van der Waals surface area (Å²) >= 11 is 0. The van der Waals surface area contributed by atoms with Gasteiger partial charge in [-0.3, -0.25) is 0 Å². The first kappa shape index (κ1) is 16.0. The zero-order chi connectivity index (χ0) is 13.9. The van der Waals surface area contributed by atoms with Crippen molar-refractivity contribution in [2.24, 2.45) is 0 Å². The van der Waals surface area contributed by atoms with Gasteiger partial charge in [-0.2, -0.15) is 0 Å². The van der Waals surface area contributed by atoms with Crippen LogP contribution in [0.25, 0.3) is 0 Å². The molecule has 5 heteroatoms. The summed E-state index contributed by atoms with van der Waals surface area (Å²) in [6.45, 7) is 9.91.